The molecule has 0 aliphatic rings. The molecule has 19 heavy (non-hydrogen) atoms. The van der Waals surface area contributed by atoms with E-state index in [0.29, 0.717) is 0 Å². The van der Waals surface area contributed by atoms with Crippen LogP contribution in [-0.4, -0.2) is 14.6 Å². The van der Waals surface area contributed by atoms with Crippen molar-refractivity contribution in [1.82, 2.24) is 4.83 Å². The van der Waals surface area contributed by atoms with Crippen molar-refractivity contribution in [2.24, 2.45) is 5.10 Å². The third-order valence-corrected chi connectivity index (χ3v) is 5.47. The standard InChI is InChI=1S/C11H8Br2N2O2S2/c12-8-1-3-11(4-2-8)19(16,17)15-14-6-10-5-9(13)7-18-10/h1-7,15H. The van der Waals surface area contributed by atoms with Crippen LogP contribution in [0.3, 0.4) is 0 Å². The summed E-state index contributed by atoms with van der Waals surface area (Å²) in [5.74, 6) is 0. The predicted molar refractivity (Wildman–Crippen MR) is 84.1 cm³/mol. The van der Waals surface area contributed by atoms with E-state index in [1.165, 1.54) is 29.7 Å². The average molecular weight is 424 g/mol. The van der Waals surface area contributed by atoms with E-state index in [1.807, 2.05) is 11.4 Å². The molecular weight excluding hydrogens is 416 g/mol. The molecule has 1 aromatic heterocycles. The molecule has 0 spiro atoms. The van der Waals surface area contributed by atoms with Crippen LogP contribution < -0.4 is 4.83 Å². The fraction of sp³-hybridized carbons (Fsp3) is 0. The molecular formula is C11H8Br2N2O2S2. The van der Waals surface area contributed by atoms with E-state index in [-0.39, 0.29) is 4.90 Å². The van der Waals surface area contributed by atoms with E-state index in [2.05, 4.69) is 41.8 Å². The molecule has 0 amide bonds. The van der Waals surface area contributed by atoms with Crippen molar-refractivity contribution in [1.29, 1.82) is 0 Å². The Kier molecular flexibility index (Phi) is 4.77. The van der Waals surface area contributed by atoms with Crippen LogP contribution in [0, 0.1) is 0 Å². The van der Waals surface area contributed by atoms with Gasteiger partial charge in [0, 0.05) is 19.2 Å². The number of nitrogens with one attached hydrogen (secondary N) is 1. The molecule has 0 radical (unpaired) electrons. The molecule has 4 nitrogen and oxygen atoms in total. The van der Waals surface area contributed by atoms with Crippen LogP contribution in [0.1, 0.15) is 4.88 Å². The monoisotopic (exact) mass is 422 g/mol. The number of thiophene rings is 1. The van der Waals surface area contributed by atoms with Crippen molar-refractivity contribution < 1.29 is 8.42 Å². The van der Waals surface area contributed by atoms with Gasteiger partial charge in [0.25, 0.3) is 10.0 Å². The molecule has 8 heteroatoms. The number of hydrogen-bond donors (Lipinski definition) is 1. The van der Waals surface area contributed by atoms with Gasteiger partial charge < -0.3 is 0 Å². The van der Waals surface area contributed by atoms with E-state index < -0.39 is 10.0 Å². The van der Waals surface area contributed by atoms with Gasteiger partial charge in [-0.05, 0) is 46.3 Å². The SMILES string of the molecule is O=S(=O)(NN=Cc1cc(Br)cs1)c1ccc(Br)cc1. The van der Waals surface area contributed by atoms with Gasteiger partial charge in [0.05, 0.1) is 11.1 Å². The van der Waals surface area contributed by atoms with Gasteiger partial charge in [0.1, 0.15) is 0 Å². The topological polar surface area (TPSA) is 58.5 Å². The van der Waals surface area contributed by atoms with Crippen LogP contribution in [0.5, 0.6) is 0 Å². The molecule has 2 rings (SSSR count). The van der Waals surface area contributed by atoms with Crippen LogP contribution in [0.4, 0.5) is 0 Å². The Morgan fingerprint density at radius 3 is 2.42 bits per heavy atom. The zero-order chi connectivity index (χ0) is 13.9. The Bertz CT molecular complexity index is 694. The first kappa shape index (κ1) is 14.7. The van der Waals surface area contributed by atoms with E-state index in [9.17, 15) is 8.42 Å². The quantitative estimate of drug-likeness (QED) is 0.603. The number of halogens is 2. The minimum Gasteiger partial charge on any atom is -0.200 e. The van der Waals surface area contributed by atoms with Crippen LogP contribution in [0.25, 0.3) is 0 Å². The third kappa shape index (κ3) is 4.13. The first-order valence-electron chi connectivity index (χ1n) is 5.02. The normalized spacial score (nSPS) is 11.9. The van der Waals surface area contributed by atoms with Crippen LogP contribution >= 0.6 is 43.2 Å². The minimum absolute atomic E-state index is 0.167. The molecule has 1 aromatic carbocycles. The summed E-state index contributed by atoms with van der Waals surface area (Å²) in [6, 6.07) is 8.18. The molecule has 0 bridgehead atoms. The van der Waals surface area contributed by atoms with Gasteiger partial charge in [-0.2, -0.15) is 13.5 Å². The Balaban J connectivity index is 2.09. The lowest BCUT2D eigenvalue weighted by Gasteiger charge is -2.02. The molecule has 1 heterocycles. The summed E-state index contributed by atoms with van der Waals surface area (Å²) in [6.45, 7) is 0. The smallest absolute Gasteiger partial charge is 0.200 e. The lowest BCUT2D eigenvalue weighted by Crippen LogP contribution is -2.18. The van der Waals surface area contributed by atoms with Crippen molar-refractivity contribution >= 4 is 59.4 Å². The number of hydrazone groups is 1. The Morgan fingerprint density at radius 1 is 1.16 bits per heavy atom. The van der Waals surface area contributed by atoms with Crippen molar-refractivity contribution in [3.8, 4) is 0 Å². The van der Waals surface area contributed by atoms with Crippen LogP contribution in [0.15, 0.2) is 54.7 Å². The largest absolute Gasteiger partial charge is 0.276 e. The summed E-state index contributed by atoms with van der Waals surface area (Å²) in [6.07, 6.45) is 1.46. The predicted octanol–water partition coefficient (Wildman–Crippen LogP) is 3.59. The van der Waals surface area contributed by atoms with Crippen molar-refractivity contribution in [3.05, 3.63) is 49.5 Å². The summed E-state index contributed by atoms with van der Waals surface area (Å²) in [5.41, 5.74) is 0. The van der Waals surface area contributed by atoms with E-state index in [4.69, 9.17) is 0 Å². The van der Waals surface area contributed by atoms with Crippen molar-refractivity contribution in [2.75, 3.05) is 0 Å². The number of rotatable bonds is 4. The van der Waals surface area contributed by atoms with E-state index in [1.54, 1.807) is 12.1 Å². The second-order valence-corrected chi connectivity index (χ2v) is 7.91. The highest BCUT2D eigenvalue weighted by Crippen LogP contribution is 2.18. The summed E-state index contributed by atoms with van der Waals surface area (Å²) in [4.78, 5) is 3.19. The minimum atomic E-state index is -3.62. The van der Waals surface area contributed by atoms with Crippen molar-refractivity contribution in [3.63, 3.8) is 0 Å². The first-order chi connectivity index (χ1) is 8.97. The van der Waals surface area contributed by atoms with Crippen LogP contribution in [-0.2, 0) is 10.0 Å². The summed E-state index contributed by atoms with van der Waals surface area (Å²) >= 11 is 8.02. The Labute approximate surface area is 131 Å². The van der Waals surface area contributed by atoms with Gasteiger partial charge in [-0.15, -0.1) is 11.3 Å². The molecule has 0 saturated heterocycles. The second-order valence-electron chi connectivity index (χ2n) is 3.47. The number of benzene rings is 1. The lowest BCUT2D eigenvalue weighted by atomic mass is 10.4. The first-order valence-corrected chi connectivity index (χ1v) is 8.97. The highest BCUT2D eigenvalue weighted by atomic mass is 79.9. The molecule has 0 atom stereocenters. The van der Waals surface area contributed by atoms with Crippen molar-refractivity contribution in [2.45, 2.75) is 4.90 Å². The van der Waals surface area contributed by atoms with E-state index in [0.717, 1.165) is 13.8 Å². The zero-order valence-electron chi connectivity index (χ0n) is 9.38. The fourth-order valence-corrected chi connectivity index (χ4v) is 3.58. The second kappa shape index (κ2) is 6.17. The number of sulfonamides is 1. The third-order valence-electron chi connectivity index (χ3n) is 2.08. The maximum atomic E-state index is 11.9. The molecule has 2 aromatic rings. The zero-order valence-corrected chi connectivity index (χ0v) is 14.2. The number of nitrogens with zero attached hydrogens (tertiary/aromatic N) is 1. The summed E-state index contributed by atoms with van der Waals surface area (Å²) < 4.78 is 25.5. The summed E-state index contributed by atoms with van der Waals surface area (Å²) in [5, 5.41) is 5.63. The fourth-order valence-electron chi connectivity index (χ4n) is 1.22. The molecule has 0 fully saturated rings. The maximum Gasteiger partial charge on any atom is 0.276 e. The lowest BCUT2D eigenvalue weighted by molar-refractivity contribution is 0.584. The molecule has 0 saturated carbocycles. The maximum absolute atomic E-state index is 11.9. The molecule has 0 aliphatic carbocycles. The Hall–Kier alpha value is -0.700. The molecule has 100 valence electrons. The van der Waals surface area contributed by atoms with Gasteiger partial charge in [-0.3, -0.25) is 0 Å². The van der Waals surface area contributed by atoms with Gasteiger partial charge in [0.2, 0.25) is 0 Å². The Morgan fingerprint density at radius 2 is 1.84 bits per heavy atom. The molecule has 1 N–H and O–H groups in total. The highest BCUT2D eigenvalue weighted by Gasteiger charge is 2.11. The highest BCUT2D eigenvalue weighted by molar-refractivity contribution is 9.10. The van der Waals surface area contributed by atoms with Gasteiger partial charge in [-0.1, -0.05) is 15.9 Å². The average Bonchev–Trinajstić information content (AvgIpc) is 2.75. The molecule has 0 unspecified atom stereocenters. The summed E-state index contributed by atoms with van der Waals surface area (Å²) in [7, 11) is -3.62. The van der Waals surface area contributed by atoms with Crippen LogP contribution in [0.2, 0.25) is 0 Å². The van der Waals surface area contributed by atoms with Gasteiger partial charge in [0.15, 0.2) is 0 Å². The number of hydrogen-bond acceptors (Lipinski definition) is 4. The van der Waals surface area contributed by atoms with Gasteiger partial charge >= 0.3 is 0 Å². The van der Waals surface area contributed by atoms with Gasteiger partial charge in [-0.25, -0.2) is 4.83 Å². The molecule has 0 aliphatic heterocycles. The van der Waals surface area contributed by atoms with E-state index >= 15 is 0 Å².